The molecule has 0 aliphatic carbocycles. The maximum atomic E-state index is 5.78. The summed E-state index contributed by atoms with van der Waals surface area (Å²) in [5.41, 5.74) is 4.39. The molecule has 27 heavy (non-hydrogen) atoms. The number of thiophene rings is 1. The highest BCUT2D eigenvalue weighted by atomic mass is 32.1. The van der Waals surface area contributed by atoms with Gasteiger partial charge < -0.3 is 15.4 Å². The molecule has 1 aliphatic heterocycles. The van der Waals surface area contributed by atoms with E-state index >= 15 is 0 Å². The summed E-state index contributed by atoms with van der Waals surface area (Å²) in [6.45, 7) is 2.11. The van der Waals surface area contributed by atoms with E-state index in [9.17, 15) is 0 Å². The first kappa shape index (κ1) is 17.4. The Morgan fingerprint density at radius 1 is 0.926 bits per heavy atom. The summed E-state index contributed by atoms with van der Waals surface area (Å²) >= 11 is 1.74. The van der Waals surface area contributed by atoms with Crippen LogP contribution < -0.4 is 15.4 Å². The van der Waals surface area contributed by atoms with E-state index < -0.39 is 0 Å². The SMILES string of the molecule is C(=C1CNC(=Cc2cccs2)CN1)c1ccc(OCc2ccccc2)cn1. The lowest BCUT2D eigenvalue weighted by atomic mass is 10.2. The number of piperazine rings is 1. The molecule has 0 spiro atoms. The lowest BCUT2D eigenvalue weighted by molar-refractivity contribution is 0.305. The molecular weight excluding hydrogens is 354 g/mol. The van der Waals surface area contributed by atoms with E-state index in [2.05, 4.69) is 57.4 Å². The average Bonchev–Trinajstić information content (AvgIpc) is 3.23. The van der Waals surface area contributed by atoms with E-state index in [0.717, 1.165) is 35.8 Å². The molecule has 136 valence electrons. The number of nitrogens with one attached hydrogen (secondary N) is 2. The molecule has 1 saturated heterocycles. The predicted octanol–water partition coefficient (Wildman–Crippen LogP) is 4.30. The molecule has 2 N–H and O–H groups in total. The molecule has 0 atom stereocenters. The van der Waals surface area contributed by atoms with E-state index in [1.54, 1.807) is 17.5 Å². The van der Waals surface area contributed by atoms with Crippen LogP contribution in [0.1, 0.15) is 16.1 Å². The summed E-state index contributed by atoms with van der Waals surface area (Å²) < 4.78 is 5.78. The van der Waals surface area contributed by atoms with Crippen molar-refractivity contribution in [3.05, 3.63) is 93.7 Å². The third kappa shape index (κ3) is 4.99. The van der Waals surface area contributed by atoms with Crippen molar-refractivity contribution in [1.29, 1.82) is 0 Å². The number of hydrogen-bond acceptors (Lipinski definition) is 5. The van der Waals surface area contributed by atoms with Crippen LogP contribution in [0.4, 0.5) is 0 Å². The van der Waals surface area contributed by atoms with Gasteiger partial charge in [-0.05, 0) is 41.3 Å². The van der Waals surface area contributed by atoms with Gasteiger partial charge in [0.05, 0.1) is 25.0 Å². The molecule has 2 aromatic heterocycles. The Morgan fingerprint density at radius 3 is 2.41 bits per heavy atom. The zero-order valence-electron chi connectivity index (χ0n) is 14.9. The van der Waals surface area contributed by atoms with E-state index in [-0.39, 0.29) is 0 Å². The van der Waals surface area contributed by atoms with Gasteiger partial charge in [0.1, 0.15) is 12.4 Å². The largest absolute Gasteiger partial charge is 0.487 e. The van der Waals surface area contributed by atoms with E-state index in [1.807, 2.05) is 30.3 Å². The Labute approximate surface area is 163 Å². The Morgan fingerprint density at radius 2 is 1.74 bits per heavy atom. The van der Waals surface area contributed by atoms with Gasteiger partial charge in [-0.2, -0.15) is 0 Å². The highest BCUT2D eigenvalue weighted by Crippen LogP contribution is 2.16. The first-order valence-corrected chi connectivity index (χ1v) is 9.78. The lowest BCUT2D eigenvalue weighted by Gasteiger charge is -2.22. The summed E-state index contributed by atoms with van der Waals surface area (Å²) in [6.07, 6.45) is 6.02. The Balaban J connectivity index is 1.32. The molecule has 0 bridgehead atoms. The quantitative estimate of drug-likeness (QED) is 0.698. The number of aromatic nitrogens is 1. The standard InChI is InChI=1S/C22H21N3OS/c1-2-5-17(6-3-1)16-26-21-9-8-18(25-15-21)11-19-13-24-20(14-23-19)12-22-7-4-10-27-22/h1-12,15,23-24H,13-14,16H2. The zero-order valence-corrected chi connectivity index (χ0v) is 15.7. The van der Waals surface area contributed by atoms with Crippen LogP contribution in [0.25, 0.3) is 12.2 Å². The number of benzene rings is 1. The van der Waals surface area contributed by atoms with Crippen LogP contribution in [-0.4, -0.2) is 18.1 Å². The molecule has 4 rings (SSSR count). The molecule has 1 aliphatic rings. The second-order valence-electron chi connectivity index (χ2n) is 6.25. The molecule has 1 aromatic carbocycles. The van der Waals surface area contributed by atoms with Crippen LogP contribution in [0.5, 0.6) is 5.75 Å². The van der Waals surface area contributed by atoms with Crippen molar-refractivity contribution in [2.24, 2.45) is 0 Å². The third-order valence-electron chi connectivity index (χ3n) is 4.20. The van der Waals surface area contributed by atoms with Gasteiger partial charge in [0.25, 0.3) is 0 Å². The highest BCUT2D eigenvalue weighted by molar-refractivity contribution is 7.10. The lowest BCUT2D eigenvalue weighted by Crippen LogP contribution is -2.36. The summed E-state index contributed by atoms with van der Waals surface area (Å²) in [6, 6.07) is 18.3. The number of rotatable bonds is 5. The van der Waals surface area contributed by atoms with Crippen molar-refractivity contribution >= 4 is 23.5 Å². The maximum Gasteiger partial charge on any atom is 0.138 e. The first-order valence-electron chi connectivity index (χ1n) is 8.90. The third-order valence-corrected chi connectivity index (χ3v) is 5.02. The fourth-order valence-electron chi connectivity index (χ4n) is 2.77. The van der Waals surface area contributed by atoms with Gasteiger partial charge in [-0.15, -0.1) is 11.3 Å². The van der Waals surface area contributed by atoms with Crippen molar-refractivity contribution in [2.75, 3.05) is 13.1 Å². The van der Waals surface area contributed by atoms with Crippen molar-refractivity contribution in [3.8, 4) is 5.75 Å². The minimum Gasteiger partial charge on any atom is -0.487 e. The number of hydrogen-bond donors (Lipinski definition) is 2. The molecule has 0 amide bonds. The van der Waals surface area contributed by atoms with Gasteiger partial charge >= 0.3 is 0 Å². The van der Waals surface area contributed by atoms with Gasteiger partial charge in [-0.1, -0.05) is 36.4 Å². The van der Waals surface area contributed by atoms with Gasteiger partial charge in [-0.25, -0.2) is 0 Å². The van der Waals surface area contributed by atoms with Crippen LogP contribution in [0, 0.1) is 0 Å². The molecule has 0 unspecified atom stereocenters. The van der Waals surface area contributed by atoms with Gasteiger partial charge in [0, 0.05) is 16.3 Å². The van der Waals surface area contributed by atoms with Gasteiger partial charge in [0.2, 0.25) is 0 Å². The number of pyridine rings is 1. The van der Waals surface area contributed by atoms with Crippen LogP contribution in [0.15, 0.2) is 77.6 Å². The summed E-state index contributed by atoms with van der Waals surface area (Å²) in [5.74, 6) is 0.775. The van der Waals surface area contributed by atoms with Gasteiger partial charge in [0.15, 0.2) is 0 Å². The average molecular weight is 375 g/mol. The van der Waals surface area contributed by atoms with Crippen molar-refractivity contribution < 1.29 is 4.74 Å². The topological polar surface area (TPSA) is 46.2 Å². The molecule has 0 radical (unpaired) electrons. The first-order chi connectivity index (χ1) is 13.3. The zero-order chi connectivity index (χ0) is 18.3. The van der Waals surface area contributed by atoms with Crippen LogP contribution in [-0.2, 0) is 6.61 Å². The molecule has 0 saturated carbocycles. The summed E-state index contributed by atoms with van der Waals surface area (Å²) in [5, 5.41) is 9.01. The summed E-state index contributed by atoms with van der Waals surface area (Å²) in [7, 11) is 0. The maximum absolute atomic E-state index is 5.78. The second-order valence-corrected chi connectivity index (χ2v) is 7.23. The molecule has 3 heterocycles. The molecule has 1 fully saturated rings. The molecule has 5 heteroatoms. The minimum absolute atomic E-state index is 0.549. The smallest absolute Gasteiger partial charge is 0.138 e. The fourth-order valence-corrected chi connectivity index (χ4v) is 3.46. The monoisotopic (exact) mass is 375 g/mol. The van der Waals surface area contributed by atoms with Crippen LogP contribution >= 0.6 is 11.3 Å². The Hall–Kier alpha value is -3.05. The molecule has 3 aromatic rings. The van der Waals surface area contributed by atoms with Crippen LogP contribution in [0.2, 0.25) is 0 Å². The van der Waals surface area contributed by atoms with Crippen LogP contribution in [0.3, 0.4) is 0 Å². The van der Waals surface area contributed by atoms with E-state index in [0.29, 0.717) is 6.61 Å². The predicted molar refractivity (Wildman–Crippen MR) is 111 cm³/mol. The fraction of sp³-hybridized carbons (Fsp3) is 0.136. The molecular formula is C22H21N3OS. The second kappa shape index (κ2) is 8.56. The summed E-state index contributed by atoms with van der Waals surface area (Å²) in [4.78, 5) is 5.75. The minimum atomic E-state index is 0.549. The Bertz CT molecular complexity index is 904. The number of nitrogens with zero attached hydrogens (tertiary/aromatic N) is 1. The van der Waals surface area contributed by atoms with Gasteiger partial charge in [-0.3, -0.25) is 4.98 Å². The van der Waals surface area contributed by atoms with Crippen molar-refractivity contribution in [3.63, 3.8) is 0 Å². The van der Waals surface area contributed by atoms with E-state index in [4.69, 9.17) is 4.74 Å². The normalized spacial score (nSPS) is 16.7. The van der Waals surface area contributed by atoms with E-state index in [1.165, 1.54) is 10.6 Å². The van der Waals surface area contributed by atoms with Crippen molar-refractivity contribution in [2.45, 2.75) is 6.61 Å². The highest BCUT2D eigenvalue weighted by Gasteiger charge is 2.08. The number of ether oxygens (including phenoxy) is 1. The molecule has 4 nitrogen and oxygen atoms in total. The Kier molecular flexibility index (Phi) is 5.50. The van der Waals surface area contributed by atoms with Crippen molar-refractivity contribution in [1.82, 2.24) is 15.6 Å².